The molecule has 156 valence electrons. The molecule has 0 aliphatic rings. The van der Waals surface area contributed by atoms with Gasteiger partial charge in [0.1, 0.15) is 23.7 Å². The number of carbonyl (C=O) groups excluding carboxylic acids is 3. The number of hydrogen-bond acceptors (Lipinski definition) is 5. The Labute approximate surface area is 177 Å². The van der Waals surface area contributed by atoms with Crippen molar-refractivity contribution in [3.8, 4) is 11.5 Å². The Morgan fingerprint density at radius 1 is 0.933 bits per heavy atom. The monoisotopic (exact) mass is 406 g/mol. The van der Waals surface area contributed by atoms with Crippen LogP contribution in [-0.2, 0) is 28.9 Å². The molecule has 0 aliphatic carbocycles. The van der Waals surface area contributed by atoms with Crippen LogP contribution in [0.2, 0.25) is 0 Å². The van der Waals surface area contributed by atoms with Gasteiger partial charge < -0.3 is 9.47 Å². The third-order valence-electron chi connectivity index (χ3n) is 4.44. The van der Waals surface area contributed by atoms with Crippen LogP contribution < -0.4 is 9.47 Å². The lowest BCUT2D eigenvalue weighted by molar-refractivity contribution is -0.137. The number of methoxy groups -OCH3 is 1. The number of ether oxygens (including phenoxy) is 2. The van der Waals surface area contributed by atoms with E-state index in [9.17, 15) is 14.4 Å². The molecule has 0 heterocycles. The fourth-order valence-electron chi connectivity index (χ4n) is 3.07. The smallest absolute Gasteiger partial charge is 0.318 e. The molecule has 0 bridgehead atoms. The summed E-state index contributed by atoms with van der Waals surface area (Å²) < 4.78 is 10.6. The second-order valence-electron chi connectivity index (χ2n) is 6.91. The largest absolute Gasteiger partial charge is 0.496 e. The fraction of sp³-hybridized carbons (Fsp3) is 0.240. The minimum Gasteiger partial charge on any atom is -0.496 e. The maximum atomic E-state index is 12.8. The molecule has 0 saturated heterocycles. The van der Waals surface area contributed by atoms with Crippen molar-refractivity contribution in [1.82, 2.24) is 0 Å². The number of rotatable bonds is 11. The number of carbonyl (C=O) groups is 3. The van der Waals surface area contributed by atoms with E-state index in [0.717, 1.165) is 16.9 Å². The summed E-state index contributed by atoms with van der Waals surface area (Å²) >= 11 is 0. The molecule has 2 aromatic rings. The van der Waals surface area contributed by atoms with Gasteiger partial charge >= 0.3 is 5.97 Å². The predicted octanol–water partition coefficient (Wildman–Crippen LogP) is 4.46. The second-order valence-corrected chi connectivity index (χ2v) is 6.91. The van der Waals surface area contributed by atoms with Crippen molar-refractivity contribution in [2.24, 2.45) is 0 Å². The molecule has 0 radical (unpaired) electrons. The Morgan fingerprint density at radius 2 is 1.57 bits per heavy atom. The van der Waals surface area contributed by atoms with Gasteiger partial charge in [0.2, 0.25) is 0 Å². The van der Waals surface area contributed by atoms with Crippen LogP contribution in [-0.4, -0.2) is 24.6 Å². The Morgan fingerprint density at radius 3 is 2.17 bits per heavy atom. The van der Waals surface area contributed by atoms with E-state index in [2.05, 4.69) is 13.2 Å². The molecule has 2 aromatic carbocycles. The van der Waals surface area contributed by atoms with Gasteiger partial charge in [0.25, 0.3) is 0 Å². The first kappa shape index (κ1) is 22.8. The number of Topliss-reactive ketones (excluding diaryl/α,β-unsaturated/α-hetero) is 2. The highest BCUT2D eigenvalue weighted by molar-refractivity contribution is 5.98. The average Bonchev–Trinajstić information content (AvgIpc) is 2.69. The van der Waals surface area contributed by atoms with Crippen LogP contribution in [0.3, 0.4) is 0 Å². The maximum Gasteiger partial charge on any atom is 0.318 e. The molecule has 0 aromatic heterocycles. The summed E-state index contributed by atoms with van der Waals surface area (Å²) in [6.07, 6.45) is 4.46. The molecular weight excluding hydrogens is 380 g/mol. The van der Waals surface area contributed by atoms with Crippen LogP contribution in [0, 0.1) is 0 Å². The van der Waals surface area contributed by atoms with Crippen molar-refractivity contribution in [3.05, 3.63) is 84.0 Å². The summed E-state index contributed by atoms with van der Waals surface area (Å²) in [6, 6.07) is 10.6. The zero-order valence-corrected chi connectivity index (χ0v) is 17.4. The zero-order valence-electron chi connectivity index (χ0n) is 17.4. The van der Waals surface area contributed by atoms with Crippen LogP contribution >= 0.6 is 0 Å². The van der Waals surface area contributed by atoms with Crippen LogP contribution in [0.1, 0.15) is 40.4 Å². The second kappa shape index (κ2) is 10.9. The molecule has 0 unspecified atom stereocenters. The number of ketones is 2. The highest BCUT2D eigenvalue weighted by atomic mass is 16.5. The first-order valence-electron chi connectivity index (χ1n) is 9.61. The quantitative estimate of drug-likeness (QED) is 0.181. The molecule has 0 N–H and O–H groups in total. The van der Waals surface area contributed by atoms with E-state index < -0.39 is 5.97 Å². The van der Waals surface area contributed by atoms with E-state index in [4.69, 9.17) is 9.47 Å². The first-order valence-corrected chi connectivity index (χ1v) is 9.61. The summed E-state index contributed by atoms with van der Waals surface area (Å²) in [5.41, 5.74) is 3.02. The zero-order chi connectivity index (χ0) is 22.1. The summed E-state index contributed by atoms with van der Waals surface area (Å²) in [5, 5.41) is 0. The lowest BCUT2D eigenvalue weighted by Gasteiger charge is -2.12. The highest BCUT2D eigenvalue weighted by Gasteiger charge is 2.15. The van der Waals surface area contributed by atoms with Crippen LogP contribution in [0.5, 0.6) is 11.5 Å². The predicted molar refractivity (Wildman–Crippen MR) is 116 cm³/mol. The van der Waals surface area contributed by atoms with E-state index in [-0.39, 0.29) is 24.4 Å². The number of hydrogen-bond donors (Lipinski definition) is 0. The van der Waals surface area contributed by atoms with Gasteiger partial charge in [0.15, 0.2) is 5.78 Å². The molecule has 2 rings (SSSR count). The van der Waals surface area contributed by atoms with Gasteiger partial charge in [-0.3, -0.25) is 14.4 Å². The van der Waals surface area contributed by atoms with Gasteiger partial charge in [-0.25, -0.2) is 0 Å². The third kappa shape index (κ3) is 6.27. The van der Waals surface area contributed by atoms with Crippen LogP contribution in [0.15, 0.2) is 61.7 Å². The molecule has 0 aliphatic heterocycles. The molecular formula is C25H26O5. The third-order valence-corrected chi connectivity index (χ3v) is 4.44. The lowest BCUT2D eigenvalue weighted by atomic mass is 9.98. The SMILES string of the molecule is C=CCc1cc(CC(=O)c2ccc(OC(=O)CC(C)=O)c(CC=C)c2)ccc1OC. The van der Waals surface area contributed by atoms with Crippen molar-refractivity contribution in [2.75, 3.05) is 7.11 Å². The van der Waals surface area contributed by atoms with Gasteiger partial charge in [-0.2, -0.15) is 0 Å². The van der Waals surface area contributed by atoms with E-state index >= 15 is 0 Å². The van der Waals surface area contributed by atoms with Gasteiger partial charge in [-0.15, -0.1) is 13.2 Å². The Kier molecular flexibility index (Phi) is 8.29. The van der Waals surface area contributed by atoms with Gasteiger partial charge in [0, 0.05) is 12.0 Å². The number of benzene rings is 2. The maximum absolute atomic E-state index is 12.8. The summed E-state index contributed by atoms with van der Waals surface area (Å²) in [4.78, 5) is 35.8. The molecule has 5 heteroatoms. The molecule has 0 saturated carbocycles. The topological polar surface area (TPSA) is 69.7 Å². The van der Waals surface area contributed by atoms with Gasteiger partial charge in [-0.1, -0.05) is 24.3 Å². The van der Waals surface area contributed by atoms with E-state index in [1.807, 2.05) is 18.2 Å². The lowest BCUT2D eigenvalue weighted by Crippen LogP contribution is -2.13. The van der Waals surface area contributed by atoms with Crippen molar-refractivity contribution in [3.63, 3.8) is 0 Å². The summed E-state index contributed by atoms with van der Waals surface area (Å²) in [6.45, 7) is 8.79. The Bertz CT molecular complexity index is 971. The van der Waals surface area contributed by atoms with Crippen molar-refractivity contribution in [1.29, 1.82) is 0 Å². The normalized spacial score (nSPS) is 10.2. The molecule has 30 heavy (non-hydrogen) atoms. The molecule has 5 nitrogen and oxygen atoms in total. The fourth-order valence-corrected chi connectivity index (χ4v) is 3.07. The molecule has 0 amide bonds. The first-order chi connectivity index (χ1) is 14.4. The minimum atomic E-state index is -0.625. The molecule has 0 atom stereocenters. The summed E-state index contributed by atoms with van der Waals surface area (Å²) in [5.74, 6) is 0.135. The van der Waals surface area contributed by atoms with Gasteiger partial charge in [-0.05, 0) is 60.7 Å². The Hall–Kier alpha value is -3.47. The van der Waals surface area contributed by atoms with Crippen LogP contribution in [0.4, 0.5) is 0 Å². The number of allylic oxidation sites excluding steroid dienone is 2. The number of esters is 1. The van der Waals surface area contributed by atoms with Crippen molar-refractivity contribution in [2.45, 2.75) is 32.6 Å². The average molecular weight is 406 g/mol. The van der Waals surface area contributed by atoms with E-state index in [1.165, 1.54) is 6.92 Å². The van der Waals surface area contributed by atoms with E-state index in [1.54, 1.807) is 37.5 Å². The van der Waals surface area contributed by atoms with Crippen molar-refractivity contribution >= 4 is 17.5 Å². The summed E-state index contributed by atoms with van der Waals surface area (Å²) in [7, 11) is 1.61. The Balaban J connectivity index is 2.23. The minimum absolute atomic E-state index is 0.0587. The van der Waals surface area contributed by atoms with E-state index in [0.29, 0.717) is 29.7 Å². The molecule has 0 spiro atoms. The van der Waals surface area contributed by atoms with Gasteiger partial charge in [0.05, 0.1) is 7.11 Å². The molecule has 0 fully saturated rings. The van der Waals surface area contributed by atoms with Crippen molar-refractivity contribution < 1.29 is 23.9 Å². The standard InChI is InChI=1S/C25H26O5/c1-5-7-20-14-18(9-11-23(20)29-4)15-22(27)19-10-12-24(21(16-19)8-6-2)30-25(28)13-17(3)26/h5-6,9-12,14,16H,1-2,7-8,13,15H2,3-4H3. The highest BCUT2D eigenvalue weighted by Crippen LogP contribution is 2.25. The van der Waals surface area contributed by atoms with Crippen LogP contribution in [0.25, 0.3) is 0 Å².